The van der Waals surface area contributed by atoms with E-state index < -0.39 is 11.6 Å². The molecule has 0 saturated carbocycles. The molecule has 96 valence electrons. The Morgan fingerprint density at radius 3 is 2.65 bits per heavy atom. The Bertz CT molecular complexity index is 393. The number of hydrogen-bond donors (Lipinski definition) is 1. The third kappa shape index (κ3) is 3.52. The Morgan fingerprint density at radius 1 is 1.53 bits per heavy atom. The summed E-state index contributed by atoms with van der Waals surface area (Å²) in [5, 5.41) is 17.4. The van der Waals surface area contributed by atoms with Crippen molar-refractivity contribution < 1.29 is 14.6 Å². The number of carbonyl (C=O) groups is 1. The van der Waals surface area contributed by atoms with Gasteiger partial charge in [-0.2, -0.15) is 0 Å². The highest BCUT2D eigenvalue weighted by atomic mass is 16.5. The number of nitrogens with zero attached hydrogens (tertiary/aromatic N) is 3. The second-order valence-corrected chi connectivity index (χ2v) is 4.52. The van der Waals surface area contributed by atoms with Crippen molar-refractivity contribution in [1.29, 1.82) is 0 Å². The zero-order chi connectivity index (χ0) is 13.1. The highest BCUT2D eigenvalue weighted by molar-refractivity contribution is 5.88. The van der Waals surface area contributed by atoms with Crippen LogP contribution >= 0.6 is 0 Å². The summed E-state index contributed by atoms with van der Waals surface area (Å²) in [5.74, 6) is -0.476. The molecule has 6 heteroatoms. The van der Waals surface area contributed by atoms with Crippen molar-refractivity contribution in [3.63, 3.8) is 0 Å². The molecular formula is C11H19N3O3. The molecule has 0 unspecified atom stereocenters. The van der Waals surface area contributed by atoms with Gasteiger partial charge < -0.3 is 9.84 Å². The average Bonchev–Trinajstić information content (AvgIpc) is 2.67. The SMILES string of the molecule is CCc1c(C(=O)OC)nnn1CCC(C)(C)O. The molecule has 0 aliphatic rings. The second kappa shape index (κ2) is 5.27. The molecule has 1 N–H and O–H groups in total. The van der Waals surface area contributed by atoms with Crippen molar-refractivity contribution in [1.82, 2.24) is 15.0 Å². The molecule has 1 rings (SSSR count). The Balaban J connectivity index is 2.87. The van der Waals surface area contributed by atoms with Crippen LogP contribution < -0.4 is 0 Å². The molecule has 0 saturated heterocycles. The topological polar surface area (TPSA) is 77.2 Å². The molecule has 6 nitrogen and oxygen atoms in total. The quantitative estimate of drug-likeness (QED) is 0.771. The Morgan fingerprint density at radius 2 is 2.18 bits per heavy atom. The molecule has 0 fully saturated rings. The van der Waals surface area contributed by atoms with Gasteiger partial charge in [0.1, 0.15) is 0 Å². The maximum atomic E-state index is 11.4. The lowest BCUT2D eigenvalue weighted by molar-refractivity contribution is 0.0592. The van der Waals surface area contributed by atoms with E-state index in [4.69, 9.17) is 0 Å². The molecular weight excluding hydrogens is 222 g/mol. The van der Waals surface area contributed by atoms with E-state index in [1.54, 1.807) is 18.5 Å². The lowest BCUT2D eigenvalue weighted by atomic mass is 10.1. The zero-order valence-corrected chi connectivity index (χ0v) is 10.7. The number of methoxy groups -OCH3 is 1. The van der Waals surface area contributed by atoms with Crippen LogP contribution in [0.5, 0.6) is 0 Å². The first-order valence-electron chi connectivity index (χ1n) is 5.62. The predicted molar refractivity (Wildman–Crippen MR) is 61.7 cm³/mol. The summed E-state index contributed by atoms with van der Waals surface area (Å²) in [5.41, 5.74) is 0.231. The van der Waals surface area contributed by atoms with Gasteiger partial charge in [0, 0.05) is 6.54 Å². The van der Waals surface area contributed by atoms with Gasteiger partial charge in [0.2, 0.25) is 0 Å². The molecule has 0 spiro atoms. The van der Waals surface area contributed by atoms with Crippen LogP contribution in [-0.2, 0) is 17.7 Å². The summed E-state index contributed by atoms with van der Waals surface area (Å²) in [6.45, 7) is 5.91. The van der Waals surface area contributed by atoms with Gasteiger partial charge in [0.15, 0.2) is 5.69 Å². The van der Waals surface area contributed by atoms with E-state index >= 15 is 0 Å². The summed E-state index contributed by atoms with van der Waals surface area (Å²) in [6.07, 6.45) is 1.19. The van der Waals surface area contributed by atoms with Gasteiger partial charge in [-0.25, -0.2) is 9.48 Å². The van der Waals surface area contributed by atoms with Crippen molar-refractivity contribution >= 4 is 5.97 Å². The number of esters is 1. The van der Waals surface area contributed by atoms with Crippen LogP contribution in [0.3, 0.4) is 0 Å². The third-order valence-electron chi connectivity index (χ3n) is 2.49. The molecule has 17 heavy (non-hydrogen) atoms. The van der Waals surface area contributed by atoms with Crippen molar-refractivity contribution in [2.24, 2.45) is 0 Å². The number of rotatable bonds is 5. The minimum absolute atomic E-state index is 0.255. The van der Waals surface area contributed by atoms with Gasteiger partial charge in [-0.05, 0) is 26.7 Å². The standard InChI is InChI=1S/C11H19N3O3/c1-5-8-9(10(15)17-4)12-13-14(8)7-6-11(2,3)16/h16H,5-7H2,1-4H3. The highest BCUT2D eigenvalue weighted by Gasteiger charge is 2.20. The first-order chi connectivity index (χ1) is 7.89. The van der Waals surface area contributed by atoms with Crippen molar-refractivity contribution in [3.05, 3.63) is 11.4 Å². The van der Waals surface area contributed by atoms with Crippen LogP contribution in [0, 0.1) is 0 Å². The molecule has 1 aromatic heterocycles. The summed E-state index contributed by atoms with van der Waals surface area (Å²) >= 11 is 0. The van der Waals surface area contributed by atoms with E-state index in [1.807, 2.05) is 6.92 Å². The van der Waals surface area contributed by atoms with Crippen LogP contribution in [0.1, 0.15) is 43.4 Å². The molecule has 0 amide bonds. The van der Waals surface area contributed by atoms with Gasteiger partial charge in [-0.1, -0.05) is 12.1 Å². The number of aryl methyl sites for hydroxylation is 1. The fourth-order valence-corrected chi connectivity index (χ4v) is 1.50. The number of hydrogen-bond acceptors (Lipinski definition) is 5. The van der Waals surface area contributed by atoms with Crippen molar-refractivity contribution in [2.45, 2.75) is 45.8 Å². The van der Waals surface area contributed by atoms with Gasteiger partial charge in [-0.3, -0.25) is 0 Å². The van der Waals surface area contributed by atoms with E-state index in [-0.39, 0.29) is 5.69 Å². The summed E-state index contributed by atoms with van der Waals surface area (Å²) < 4.78 is 6.28. The molecule has 1 heterocycles. The minimum atomic E-state index is -0.762. The van der Waals surface area contributed by atoms with E-state index in [9.17, 15) is 9.90 Å². The van der Waals surface area contributed by atoms with Gasteiger partial charge in [-0.15, -0.1) is 5.10 Å². The van der Waals surface area contributed by atoms with Gasteiger partial charge >= 0.3 is 5.97 Å². The molecule has 0 aliphatic heterocycles. The lowest BCUT2D eigenvalue weighted by Gasteiger charge is -2.17. The van der Waals surface area contributed by atoms with Crippen molar-refractivity contribution in [3.8, 4) is 0 Å². The summed E-state index contributed by atoms with van der Waals surface area (Å²) in [7, 11) is 1.32. The number of aromatic nitrogens is 3. The van der Waals surface area contributed by atoms with E-state index in [2.05, 4.69) is 15.0 Å². The average molecular weight is 241 g/mol. The van der Waals surface area contributed by atoms with Crippen LogP contribution in [0.15, 0.2) is 0 Å². The summed E-state index contributed by atoms with van der Waals surface area (Å²) in [4.78, 5) is 11.4. The molecule has 0 bridgehead atoms. The Hall–Kier alpha value is -1.43. The maximum Gasteiger partial charge on any atom is 0.360 e. The van der Waals surface area contributed by atoms with Crippen LogP contribution in [0.25, 0.3) is 0 Å². The predicted octanol–water partition coefficient (Wildman–Crippen LogP) is 0.788. The number of ether oxygens (including phenoxy) is 1. The van der Waals surface area contributed by atoms with E-state index in [0.717, 1.165) is 5.69 Å². The van der Waals surface area contributed by atoms with Gasteiger partial charge in [0.05, 0.1) is 18.4 Å². The first kappa shape index (κ1) is 13.6. The van der Waals surface area contributed by atoms with Gasteiger partial charge in [0.25, 0.3) is 0 Å². The monoisotopic (exact) mass is 241 g/mol. The van der Waals surface area contributed by atoms with E-state index in [1.165, 1.54) is 7.11 Å². The fourth-order valence-electron chi connectivity index (χ4n) is 1.50. The van der Waals surface area contributed by atoms with Crippen LogP contribution in [0.4, 0.5) is 0 Å². The second-order valence-electron chi connectivity index (χ2n) is 4.52. The smallest absolute Gasteiger partial charge is 0.360 e. The molecule has 0 aliphatic carbocycles. The summed E-state index contributed by atoms with van der Waals surface area (Å²) in [6, 6.07) is 0. The largest absolute Gasteiger partial charge is 0.464 e. The van der Waals surface area contributed by atoms with Crippen LogP contribution in [-0.4, -0.2) is 38.8 Å². The van der Waals surface area contributed by atoms with Crippen molar-refractivity contribution in [2.75, 3.05) is 7.11 Å². The highest BCUT2D eigenvalue weighted by Crippen LogP contribution is 2.13. The molecule has 0 aromatic carbocycles. The minimum Gasteiger partial charge on any atom is -0.464 e. The normalized spacial score (nSPS) is 11.6. The Kier molecular flexibility index (Phi) is 4.22. The Labute approximate surface area is 101 Å². The molecule has 0 radical (unpaired) electrons. The fraction of sp³-hybridized carbons (Fsp3) is 0.727. The first-order valence-corrected chi connectivity index (χ1v) is 5.62. The number of aliphatic hydroxyl groups is 1. The maximum absolute atomic E-state index is 11.4. The van der Waals surface area contributed by atoms with E-state index in [0.29, 0.717) is 19.4 Å². The zero-order valence-electron chi connectivity index (χ0n) is 10.7. The molecule has 1 aromatic rings. The lowest BCUT2D eigenvalue weighted by Crippen LogP contribution is -2.22. The van der Waals surface area contributed by atoms with Crippen LogP contribution in [0.2, 0.25) is 0 Å². The third-order valence-corrected chi connectivity index (χ3v) is 2.49. The molecule has 0 atom stereocenters. The number of carbonyl (C=O) groups excluding carboxylic acids is 1.